The van der Waals surface area contributed by atoms with Crippen molar-refractivity contribution in [2.24, 2.45) is 0 Å². The Morgan fingerprint density at radius 2 is 1.79 bits per heavy atom. The van der Waals surface area contributed by atoms with Gasteiger partial charge >= 0.3 is 0 Å². The Morgan fingerprint density at radius 1 is 1.00 bits per heavy atom. The van der Waals surface area contributed by atoms with Crippen LogP contribution >= 0.6 is 0 Å². The van der Waals surface area contributed by atoms with Gasteiger partial charge in [-0.25, -0.2) is 9.97 Å². The van der Waals surface area contributed by atoms with Gasteiger partial charge in [-0.2, -0.15) is 0 Å². The predicted molar refractivity (Wildman–Crippen MR) is 141 cm³/mol. The van der Waals surface area contributed by atoms with Gasteiger partial charge in [-0.1, -0.05) is 12.5 Å². The van der Waals surface area contributed by atoms with Crippen molar-refractivity contribution in [2.45, 2.75) is 56.6 Å². The maximum Gasteiger partial charge on any atom is 0.225 e. The minimum absolute atomic E-state index is 0.0273. The van der Waals surface area contributed by atoms with E-state index >= 15 is 0 Å². The third-order valence-electron chi connectivity index (χ3n) is 6.85. The highest BCUT2D eigenvalue weighted by Gasteiger charge is 2.34. The summed E-state index contributed by atoms with van der Waals surface area (Å²) in [5.74, 6) is 1.35. The van der Waals surface area contributed by atoms with E-state index in [1.54, 1.807) is 6.20 Å². The molecular weight excluding hydrogens is 492 g/mol. The lowest BCUT2D eigenvalue weighted by Gasteiger charge is -2.34. The summed E-state index contributed by atoms with van der Waals surface area (Å²) in [5.41, 5.74) is 1.53. The molecule has 4 atom stereocenters. The minimum atomic E-state index is -1.42. The first-order valence-electron chi connectivity index (χ1n) is 13.4. The van der Waals surface area contributed by atoms with Crippen molar-refractivity contribution in [2.75, 3.05) is 62.5 Å². The zero-order valence-electron chi connectivity index (χ0n) is 21.8. The number of anilines is 2. The molecule has 2 aliphatic heterocycles. The number of morpholine rings is 1. The van der Waals surface area contributed by atoms with E-state index in [0.29, 0.717) is 52.0 Å². The SMILES string of the molecule is OC[C@@H](O)[C@H]1OCCCCCCOc2cccc(c2)N(Cc2ccnc(N3CCOCC3)n2)C[C@@H](O)[C@H]1O. The Labute approximate surface area is 223 Å². The largest absolute Gasteiger partial charge is 0.494 e. The Hall–Kier alpha value is -2.54. The molecule has 2 aliphatic rings. The lowest BCUT2D eigenvalue weighted by atomic mass is 10.0. The molecule has 11 nitrogen and oxygen atoms in total. The summed E-state index contributed by atoms with van der Waals surface area (Å²) in [5, 5.41) is 41.9. The van der Waals surface area contributed by atoms with Gasteiger partial charge in [0, 0.05) is 44.2 Å². The van der Waals surface area contributed by atoms with Gasteiger partial charge in [-0.15, -0.1) is 0 Å². The topological polar surface area (TPSA) is 141 Å². The molecule has 0 radical (unpaired) electrons. The maximum atomic E-state index is 11.1. The molecule has 0 aliphatic carbocycles. The second-order valence-corrected chi connectivity index (χ2v) is 9.73. The third kappa shape index (κ3) is 7.98. The second-order valence-electron chi connectivity index (χ2n) is 9.73. The molecule has 1 saturated heterocycles. The van der Waals surface area contributed by atoms with Crippen molar-refractivity contribution in [3.8, 4) is 5.75 Å². The summed E-state index contributed by atoms with van der Waals surface area (Å²) in [4.78, 5) is 13.2. The van der Waals surface area contributed by atoms with E-state index in [-0.39, 0.29) is 6.54 Å². The molecule has 2 bridgehead atoms. The second kappa shape index (κ2) is 14.6. The lowest BCUT2D eigenvalue weighted by Crippen LogP contribution is -2.51. The van der Waals surface area contributed by atoms with E-state index in [1.807, 2.05) is 35.2 Å². The van der Waals surface area contributed by atoms with Gasteiger partial charge in [-0.3, -0.25) is 0 Å². The molecule has 0 spiro atoms. The molecule has 0 unspecified atom stereocenters. The van der Waals surface area contributed by atoms with Crippen LogP contribution in [0.1, 0.15) is 31.4 Å². The molecule has 0 saturated carbocycles. The Kier molecular flexibility index (Phi) is 10.9. The Balaban J connectivity index is 1.59. The normalized spacial score (nSPS) is 25.0. The molecule has 1 aromatic heterocycles. The number of ether oxygens (including phenoxy) is 3. The van der Waals surface area contributed by atoms with Crippen LogP contribution in [0.2, 0.25) is 0 Å². The molecule has 38 heavy (non-hydrogen) atoms. The minimum Gasteiger partial charge on any atom is -0.494 e. The van der Waals surface area contributed by atoms with Crippen LogP contribution in [-0.2, 0) is 16.0 Å². The van der Waals surface area contributed by atoms with E-state index in [9.17, 15) is 20.4 Å². The van der Waals surface area contributed by atoms with Crippen LogP contribution in [0.5, 0.6) is 5.75 Å². The van der Waals surface area contributed by atoms with Crippen molar-refractivity contribution in [3.05, 3.63) is 42.2 Å². The molecule has 0 amide bonds. The van der Waals surface area contributed by atoms with Crippen molar-refractivity contribution < 1.29 is 34.6 Å². The fourth-order valence-electron chi connectivity index (χ4n) is 4.68. The Morgan fingerprint density at radius 3 is 2.58 bits per heavy atom. The maximum absolute atomic E-state index is 11.1. The van der Waals surface area contributed by atoms with E-state index in [4.69, 9.17) is 19.2 Å². The van der Waals surface area contributed by atoms with Crippen LogP contribution in [0, 0.1) is 0 Å². The van der Waals surface area contributed by atoms with Gasteiger partial charge in [0.05, 0.1) is 44.8 Å². The number of nitrogens with zero attached hydrogens (tertiary/aromatic N) is 4. The third-order valence-corrected chi connectivity index (χ3v) is 6.85. The predicted octanol–water partition coefficient (Wildman–Crippen LogP) is 0.733. The number of aliphatic hydroxyl groups excluding tert-OH is 4. The first-order valence-corrected chi connectivity index (χ1v) is 13.4. The van der Waals surface area contributed by atoms with E-state index < -0.39 is 31.0 Å². The van der Waals surface area contributed by atoms with Crippen molar-refractivity contribution in [1.29, 1.82) is 0 Å². The van der Waals surface area contributed by atoms with E-state index in [1.165, 1.54) is 0 Å². The summed E-state index contributed by atoms with van der Waals surface area (Å²) in [6, 6.07) is 9.44. The smallest absolute Gasteiger partial charge is 0.225 e. The number of rotatable bonds is 5. The summed E-state index contributed by atoms with van der Waals surface area (Å²) in [6.45, 7) is 3.35. The summed E-state index contributed by atoms with van der Waals surface area (Å²) < 4.78 is 17.2. The average molecular weight is 533 g/mol. The van der Waals surface area contributed by atoms with Gasteiger partial charge in [0.1, 0.15) is 24.1 Å². The highest BCUT2D eigenvalue weighted by molar-refractivity contribution is 5.51. The van der Waals surface area contributed by atoms with Crippen molar-refractivity contribution in [1.82, 2.24) is 9.97 Å². The first-order chi connectivity index (χ1) is 18.5. The van der Waals surface area contributed by atoms with Gasteiger partial charge in [0.2, 0.25) is 5.95 Å². The zero-order chi connectivity index (χ0) is 26.7. The van der Waals surface area contributed by atoms with Gasteiger partial charge in [0.25, 0.3) is 0 Å². The molecule has 210 valence electrons. The van der Waals surface area contributed by atoms with Crippen LogP contribution < -0.4 is 14.5 Å². The van der Waals surface area contributed by atoms with Gasteiger partial charge < -0.3 is 44.4 Å². The fourth-order valence-corrected chi connectivity index (χ4v) is 4.68. The fraction of sp³-hybridized carbons (Fsp3) is 0.630. The van der Waals surface area contributed by atoms with Crippen LogP contribution in [0.4, 0.5) is 11.6 Å². The quantitative estimate of drug-likeness (QED) is 0.433. The van der Waals surface area contributed by atoms with E-state index in [0.717, 1.165) is 42.8 Å². The monoisotopic (exact) mass is 532 g/mol. The molecule has 11 heteroatoms. The van der Waals surface area contributed by atoms with Crippen molar-refractivity contribution in [3.63, 3.8) is 0 Å². The number of hydrogen-bond donors (Lipinski definition) is 4. The summed E-state index contributed by atoms with van der Waals surface area (Å²) in [7, 11) is 0. The first kappa shape index (κ1) is 28.5. The van der Waals surface area contributed by atoms with Gasteiger partial charge in [-0.05, 0) is 37.5 Å². The number of benzene rings is 1. The molecule has 2 aromatic rings. The number of hydrogen-bond acceptors (Lipinski definition) is 11. The summed E-state index contributed by atoms with van der Waals surface area (Å²) in [6.07, 6.45) is 0.0709. The van der Waals surface area contributed by atoms with Crippen LogP contribution in [0.15, 0.2) is 36.5 Å². The van der Waals surface area contributed by atoms with Crippen LogP contribution in [-0.4, -0.2) is 107 Å². The summed E-state index contributed by atoms with van der Waals surface area (Å²) >= 11 is 0. The highest BCUT2D eigenvalue weighted by Crippen LogP contribution is 2.25. The van der Waals surface area contributed by atoms with Crippen LogP contribution in [0.25, 0.3) is 0 Å². The van der Waals surface area contributed by atoms with E-state index in [2.05, 4.69) is 9.88 Å². The molecule has 3 heterocycles. The molecular formula is C27H40N4O7. The molecule has 1 fully saturated rings. The van der Waals surface area contributed by atoms with Crippen molar-refractivity contribution >= 4 is 11.6 Å². The molecule has 4 rings (SSSR count). The number of fused-ring (bicyclic) bond motifs is 2. The molecule has 4 N–H and O–H groups in total. The average Bonchev–Trinajstić information content (AvgIpc) is 2.95. The molecule has 1 aromatic carbocycles. The zero-order valence-corrected chi connectivity index (χ0v) is 21.8. The number of aromatic nitrogens is 2. The highest BCUT2D eigenvalue weighted by atomic mass is 16.5. The standard InChI is InChI=1S/C27H40N4O7/c32-19-24(34)26-25(35)23(33)18-31(17-20-8-9-28-27(29-20)30-10-14-36-15-11-30)21-6-5-7-22(16-21)37-12-3-1-2-4-13-38-26/h5-9,16,23-26,32-35H,1-4,10-15,17-19H2/t23-,24-,25-,26-/m1/s1. The van der Waals surface area contributed by atoms with Gasteiger partial charge in [0.15, 0.2) is 0 Å². The lowest BCUT2D eigenvalue weighted by molar-refractivity contribution is -0.141. The number of β-amino-alcohol motifs (C(OH)–C–C–N with tert-alkyl or cyclic N) is 1. The number of aliphatic hydroxyl groups is 4. The van der Waals surface area contributed by atoms with Crippen LogP contribution in [0.3, 0.4) is 0 Å². The Bertz CT molecular complexity index is 978.